The van der Waals surface area contributed by atoms with Crippen molar-refractivity contribution in [3.63, 3.8) is 0 Å². The standard InChI is InChI=1S/C17H19NO2/c19-13-18-10-11-20-17(14-6-2-1-3-7-14)16-9-5-4-8-15(16)12-18/h1-9,17,19H,10-13H2/t17-/m0/s1. The second-order valence-electron chi connectivity index (χ2n) is 5.05. The van der Waals surface area contributed by atoms with Crippen LogP contribution in [0.25, 0.3) is 0 Å². The number of ether oxygens (including phenoxy) is 1. The van der Waals surface area contributed by atoms with Gasteiger partial charge in [-0.05, 0) is 16.7 Å². The molecule has 0 spiro atoms. The van der Waals surface area contributed by atoms with Crippen LogP contribution in [0.2, 0.25) is 0 Å². The van der Waals surface area contributed by atoms with Crippen molar-refractivity contribution in [2.45, 2.75) is 12.6 Å². The van der Waals surface area contributed by atoms with Gasteiger partial charge in [0.1, 0.15) is 6.10 Å². The van der Waals surface area contributed by atoms with Gasteiger partial charge in [0.15, 0.2) is 0 Å². The highest BCUT2D eigenvalue weighted by Crippen LogP contribution is 2.30. The second-order valence-corrected chi connectivity index (χ2v) is 5.05. The minimum absolute atomic E-state index is 0.0201. The molecule has 2 aromatic carbocycles. The second kappa shape index (κ2) is 6.18. The van der Waals surface area contributed by atoms with Crippen LogP contribution in [0.15, 0.2) is 54.6 Å². The number of nitrogens with zero attached hydrogens (tertiary/aromatic N) is 1. The lowest BCUT2D eigenvalue weighted by molar-refractivity contribution is 0.0207. The van der Waals surface area contributed by atoms with Crippen LogP contribution in [-0.4, -0.2) is 29.9 Å². The van der Waals surface area contributed by atoms with E-state index < -0.39 is 0 Å². The molecule has 0 saturated carbocycles. The number of aliphatic hydroxyl groups is 1. The topological polar surface area (TPSA) is 32.7 Å². The summed E-state index contributed by atoms with van der Waals surface area (Å²) in [5.41, 5.74) is 3.59. The predicted octanol–water partition coefficient (Wildman–Crippen LogP) is 2.56. The fourth-order valence-electron chi connectivity index (χ4n) is 2.67. The van der Waals surface area contributed by atoms with Gasteiger partial charge in [0.2, 0.25) is 0 Å². The van der Waals surface area contributed by atoms with Gasteiger partial charge in [0, 0.05) is 13.1 Å². The van der Waals surface area contributed by atoms with E-state index >= 15 is 0 Å². The van der Waals surface area contributed by atoms with E-state index in [0.717, 1.165) is 13.1 Å². The largest absolute Gasteiger partial charge is 0.381 e. The molecular formula is C17H19NO2. The molecule has 0 unspecified atom stereocenters. The molecule has 3 rings (SSSR count). The molecule has 0 radical (unpaired) electrons. The third-order valence-electron chi connectivity index (χ3n) is 3.73. The first kappa shape index (κ1) is 13.3. The molecule has 1 heterocycles. The van der Waals surface area contributed by atoms with E-state index in [4.69, 9.17) is 4.74 Å². The third-order valence-corrected chi connectivity index (χ3v) is 3.73. The maximum absolute atomic E-state index is 9.39. The van der Waals surface area contributed by atoms with Crippen molar-refractivity contribution in [3.8, 4) is 0 Å². The Bertz CT molecular complexity index is 556. The minimum atomic E-state index is -0.0201. The molecule has 0 amide bonds. The zero-order valence-electron chi connectivity index (χ0n) is 11.4. The van der Waals surface area contributed by atoms with Gasteiger partial charge in [-0.15, -0.1) is 0 Å². The monoisotopic (exact) mass is 269 g/mol. The van der Waals surface area contributed by atoms with E-state index in [0.29, 0.717) is 6.61 Å². The third kappa shape index (κ3) is 2.75. The Morgan fingerprint density at radius 2 is 1.80 bits per heavy atom. The molecule has 104 valence electrons. The number of fused-ring (bicyclic) bond motifs is 1. The molecular weight excluding hydrogens is 250 g/mol. The van der Waals surface area contributed by atoms with Crippen LogP contribution in [0.3, 0.4) is 0 Å². The van der Waals surface area contributed by atoms with Crippen LogP contribution in [0.1, 0.15) is 22.8 Å². The zero-order chi connectivity index (χ0) is 13.8. The first-order valence-corrected chi connectivity index (χ1v) is 6.96. The molecule has 0 saturated heterocycles. The van der Waals surface area contributed by atoms with Crippen LogP contribution in [0.5, 0.6) is 0 Å². The summed E-state index contributed by atoms with van der Waals surface area (Å²) in [6.07, 6.45) is -0.0201. The van der Waals surface area contributed by atoms with Crippen molar-refractivity contribution in [1.29, 1.82) is 0 Å². The maximum atomic E-state index is 9.39. The quantitative estimate of drug-likeness (QED) is 0.909. The Balaban J connectivity index is 2.00. The molecule has 20 heavy (non-hydrogen) atoms. The van der Waals surface area contributed by atoms with Crippen molar-refractivity contribution in [2.75, 3.05) is 19.9 Å². The molecule has 0 bridgehead atoms. The van der Waals surface area contributed by atoms with Gasteiger partial charge in [-0.1, -0.05) is 54.6 Å². The van der Waals surface area contributed by atoms with Gasteiger partial charge in [-0.25, -0.2) is 0 Å². The highest BCUT2D eigenvalue weighted by Gasteiger charge is 2.21. The molecule has 0 fully saturated rings. The van der Waals surface area contributed by atoms with Crippen molar-refractivity contribution in [3.05, 3.63) is 71.3 Å². The molecule has 0 aliphatic carbocycles. The van der Waals surface area contributed by atoms with Gasteiger partial charge in [-0.2, -0.15) is 0 Å². The first-order valence-electron chi connectivity index (χ1n) is 6.96. The fourth-order valence-corrected chi connectivity index (χ4v) is 2.67. The number of hydrogen-bond acceptors (Lipinski definition) is 3. The van der Waals surface area contributed by atoms with E-state index in [1.165, 1.54) is 16.7 Å². The Labute approximate surface area is 119 Å². The number of aliphatic hydroxyl groups excluding tert-OH is 1. The minimum Gasteiger partial charge on any atom is -0.381 e. The summed E-state index contributed by atoms with van der Waals surface area (Å²) in [4.78, 5) is 1.99. The summed E-state index contributed by atoms with van der Waals surface area (Å²) < 4.78 is 6.07. The predicted molar refractivity (Wildman–Crippen MR) is 78.2 cm³/mol. The van der Waals surface area contributed by atoms with Gasteiger partial charge in [0.05, 0.1) is 13.3 Å². The summed E-state index contributed by atoms with van der Waals surface area (Å²) in [5, 5.41) is 9.39. The van der Waals surface area contributed by atoms with Crippen LogP contribution in [-0.2, 0) is 11.3 Å². The highest BCUT2D eigenvalue weighted by molar-refractivity contribution is 5.36. The average Bonchev–Trinajstić information content (AvgIpc) is 2.49. The number of benzene rings is 2. The number of hydrogen-bond donors (Lipinski definition) is 1. The van der Waals surface area contributed by atoms with Crippen LogP contribution >= 0.6 is 0 Å². The highest BCUT2D eigenvalue weighted by atomic mass is 16.5. The first-order chi connectivity index (χ1) is 9.88. The van der Waals surface area contributed by atoms with Crippen molar-refractivity contribution in [2.24, 2.45) is 0 Å². The van der Waals surface area contributed by atoms with Gasteiger partial charge >= 0.3 is 0 Å². The van der Waals surface area contributed by atoms with Crippen molar-refractivity contribution in [1.82, 2.24) is 4.90 Å². The molecule has 1 aliphatic heterocycles. The Morgan fingerprint density at radius 1 is 1.05 bits per heavy atom. The van der Waals surface area contributed by atoms with Gasteiger partial charge < -0.3 is 9.84 Å². The Morgan fingerprint density at radius 3 is 2.60 bits per heavy atom. The molecule has 1 atom stereocenters. The lowest BCUT2D eigenvalue weighted by Crippen LogP contribution is -2.31. The van der Waals surface area contributed by atoms with Crippen molar-refractivity contribution >= 4 is 0 Å². The zero-order valence-corrected chi connectivity index (χ0v) is 11.4. The molecule has 0 aromatic heterocycles. The van der Waals surface area contributed by atoms with Gasteiger partial charge in [0.25, 0.3) is 0 Å². The summed E-state index contributed by atoms with van der Waals surface area (Å²) in [6.45, 7) is 2.19. The van der Waals surface area contributed by atoms with Crippen LogP contribution in [0, 0.1) is 0 Å². The smallest absolute Gasteiger partial charge is 0.108 e. The average molecular weight is 269 g/mol. The summed E-state index contributed by atoms with van der Waals surface area (Å²) in [7, 11) is 0. The molecule has 1 aliphatic rings. The van der Waals surface area contributed by atoms with E-state index in [2.05, 4.69) is 24.3 Å². The fraction of sp³-hybridized carbons (Fsp3) is 0.294. The van der Waals surface area contributed by atoms with Crippen LogP contribution in [0.4, 0.5) is 0 Å². The lowest BCUT2D eigenvalue weighted by Gasteiger charge is -2.29. The van der Waals surface area contributed by atoms with E-state index in [1.54, 1.807) is 0 Å². The summed E-state index contributed by atoms with van der Waals surface area (Å²) >= 11 is 0. The summed E-state index contributed by atoms with van der Waals surface area (Å²) in [5.74, 6) is 0. The Hall–Kier alpha value is -1.68. The number of rotatable bonds is 2. The molecule has 2 aromatic rings. The Kier molecular flexibility index (Phi) is 4.11. The van der Waals surface area contributed by atoms with E-state index in [-0.39, 0.29) is 12.8 Å². The summed E-state index contributed by atoms with van der Waals surface area (Å²) in [6, 6.07) is 18.6. The molecule has 1 N–H and O–H groups in total. The van der Waals surface area contributed by atoms with Crippen LogP contribution < -0.4 is 0 Å². The lowest BCUT2D eigenvalue weighted by atomic mass is 9.96. The van der Waals surface area contributed by atoms with E-state index in [1.807, 2.05) is 35.2 Å². The normalized spacial score (nSPS) is 19.9. The SMILES string of the molecule is OCN1CCO[C@@H](c2ccccc2)c2ccccc2C1. The molecule has 3 heteroatoms. The van der Waals surface area contributed by atoms with Crippen molar-refractivity contribution < 1.29 is 9.84 Å². The van der Waals surface area contributed by atoms with Gasteiger partial charge in [-0.3, -0.25) is 4.90 Å². The maximum Gasteiger partial charge on any atom is 0.108 e. The molecule has 3 nitrogen and oxygen atoms in total. The van der Waals surface area contributed by atoms with E-state index in [9.17, 15) is 5.11 Å².